The number of ether oxygens (including phenoxy) is 1. The van der Waals surface area contributed by atoms with Crippen molar-refractivity contribution in [2.24, 2.45) is 17.8 Å². The average molecular weight is 325 g/mol. The van der Waals surface area contributed by atoms with Gasteiger partial charge in [0.2, 0.25) is 0 Å². The minimum absolute atomic E-state index is 0.154. The van der Waals surface area contributed by atoms with Gasteiger partial charge in [0.1, 0.15) is 5.75 Å². The number of carbonyl (C=O) groups is 1. The molecule has 1 aromatic carbocycles. The van der Waals surface area contributed by atoms with Crippen molar-refractivity contribution in [3.8, 4) is 5.75 Å². The lowest BCUT2D eigenvalue weighted by Gasteiger charge is -2.31. The Balaban J connectivity index is 2.20. The van der Waals surface area contributed by atoms with Crippen molar-refractivity contribution in [2.75, 3.05) is 7.11 Å². The second-order valence-electron chi connectivity index (χ2n) is 5.67. The smallest absolute Gasteiger partial charge is 0.169 e. The summed E-state index contributed by atoms with van der Waals surface area (Å²) >= 11 is 3.41. The summed E-state index contributed by atoms with van der Waals surface area (Å²) in [6.07, 6.45) is 3.15. The highest BCUT2D eigenvalue weighted by atomic mass is 79.9. The zero-order valence-corrected chi connectivity index (χ0v) is 13.4. The van der Waals surface area contributed by atoms with E-state index >= 15 is 0 Å². The van der Waals surface area contributed by atoms with Crippen molar-refractivity contribution in [2.45, 2.75) is 33.1 Å². The van der Waals surface area contributed by atoms with E-state index in [9.17, 15) is 4.79 Å². The van der Waals surface area contributed by atoms with E-state index in [0.29, 0.717) is 11.7 Å². The van der Waals surface area contributed by atoms with Gasteiger partial charge in [0.25, 0.3) is 0 Å². The maximum atomic E-state index is 12.6. The molecule has 0 radical (unpaired) electrons. The molecule has 0 N–H and O–H groups in total. The molecule has 0 aliphatic heterocycles. The van der Waals surface area contributed by atoms with Crippen LogP contribution >= 0.6 is 15.9 Å². The molecule has 2 nitrogen and oxygen atoms in total. The molecule has 104 valence electrons. The second kappa shape index (κ2) is 6.08. The highest BCUT2D eigenvalue weighted by Crippen LogP contribution is 2.36. The summed E-state index contributed by atoms with van der Waals surface area (Å²) in [6.45, 7) is 4.54. The van der Waals surface area contributed by atoms with Crippen molar-refractivity contribution < 1.29 is 9.53 Å². The van der Waals surface area contributed by atoms with Crippen molar-refractivity contribution in [1.82, 2.24) is 0 Å². The van der Waals surface area contributed by atoms with Crippen molar-refractivity contribution in [3.63, 3.8) is 0 Å². The number of methoxy groups -OCH3 is 1. The molecule has 0 bridgehead atoms. The van der Waals surface area contributed by atoms with Gasteiger partial charge in [-0.1, -0.05) is 29.8 Å². The van der Waals surface area contributed by atoms with Crippen LogP contribution in [-0.2, 0) is 0 Å². The van der Waals surface area contributed by atoms with Gasteiger partial charge >= 0.3 is 0 Å². The summed E-state index contributed by atoms with van der Waals surface area (Å²) in [5.74, 6) is 2.43. The van der Waals surface area contributed by atoms with E-state index in [1.807, 2.05) is 18.2 Å². The third kappa shape index (κ3) is 3.19. The van der Waals surface area contributed by atoms with Gasteiger partial charge in [0.05, 0.1) is 12.7 Å². The third-order valence-corrected chi connectivity index (χ3v) is 4.89. The Morgan fingerprint density at radius 1 is 1.26 bits per heavy atom. The first-order chi connectivity index (χ1) is 9.02. The lowest BCUT2D eigenvalue weighted by atomic mass is 9.73. The average Bonchev–Trinajstić information content (AvgIpc) is 2.41. The van der Waals surface area contributed by atoms with Gasteiger partial charge in [-0.2, -0.15) is 0 Å². The number of benzene rings is 1. The number of ketones is 1. The molecule has 1 saturated carbocycles. The number of rotatable bonds is 3. The summed E-state index contributed by atoms with van der Waals surface area (Å²) in [4.78, 5) is 12.6. The second-order valence-corrected chi connectivity index (χ2v) is 6.59. The predicted octanol–water partition coefficient (Wildman–Crippen LogP) is 4.71. The molecule has 0 heterocycles. The van der Waals surface area contributed by atoms with Crippen LogP contribution in [-0.4, -0.2) is 12.9 Å². The molecule has 3 heteroatoms. The summed E-state index contributed by atoms with van der Waals surface area (Å²) in [5, 5.41) is 0. The fraction of sp³-hybridized carbons (Fsp3) is 0.562. The van der Waals surface area contributed by atoms with Gasteiger partial charge in [0.15, 0.2) is 5.78 Å². The van der Waals surface area contributed by atoms with Gasteiger partial charge in [-0.3, -0.25) is 4.79 Å². The maximum Gasteiger partial charge on any atom is 0.169 e. The van der Waals surface area contributed by atoms with Gasteiger partial charge in [-0.15, -0.1) is 0 Å². The summed E-state index contributed by atoms with van der Waals surface area (Å²) in [6, 6.07) is 5.64. The van der Waals surface area contributed by atoms with Crippen LogP contribution in [0.3, 0.4) is 0 Å². The molecular weight excluding hydrogens is 304 g/mol. The Kier molecular flexibility index (Phi) is 4.67. The number of hydrogen-bond acceptors (Lipinski definition) is 2. The van der Waals surface area contributed by atoms with Gasteiger partial charge < -0.3 is 4.74 Å². The van der Waals surface area contributed by atoms with E-state index in [1.54, 1.807) is 7.11 Å². The highest BCUT2D eigenvalue weighted by Gasteiger charge is 2.30. The zero-order chi connectivity index (χ0) is 14.0. The first-order valence-corrected chi connectivity index (χ1v) is 7.70. The molecule has 1 aromatic rings. The van der Waals surface area contributed by atoms with Crippen molar-refractivity contribution in [3.05, 3.63) is 28.2 Å². The van der Waals surface area contributed by atoms with Crippen LogP contribution in [0.1, 0.15) is 43.5 Å². The minimum Gasteiger partial charge on any atom is -0.496 e. The standard InChI is InChI=1S/C16H21BrO2/c1-10-4-5-12(8-11(10)2)16(18)14-7-6-13(17)9-15(14)19-3/h6-7,9-12H,4-5,8H2,1-3H3. The molecule has 1 aliphatic rings. The fourth-order valence-corrected chi connectivity index (χ4v) is 3.21. The highest BCUT2D eigenvalue weighted by molar-refractivity contribution is 9.10. The predicted molar refractivity (Wildman–Crippen MR) is 80.7 cm³/mol. The minimum atomic E-state index is 0.154. The number of halogens is 1. The van der Waals surface area contributed by atoms with Crippen LogP contribution in [0.4, 0.5) is 0 Å². The molecule has 0 saturated heterocycles. The normalized spacial score (nSPS) is 27.1. The topological polar surface area (TPSA) is 26.3 Å². The molecule has 1 aliphatic carbocycles. The van der Waals surface area contributed by atoms with Gasteiger partial charge in [-0.25, -0.2) is 0 Å². The zero-order valence-electron chi connectivity index (χ0n) is 11.8. The Morgan fingerprint density at radius 3 is 2.63 bits per heavy atom. The van der Waals surface area contributed by atoms with Gasteiger partial charge in [-0.05, 0) is 49.3 Å². The molecule has 0 spiro atoms. The third-order valence-electron chi connectivity index (χ3n) is 4.40. The SMILES string of the molecule is COc1cc(Br)ccc1C(=O)C1CCC(C)C(C)C1. The Labute approximate surface area is 123 Å². The number of carbonyl (C=O) groups excluding carboxylic acids is 1. The summed E-state index contributed by atoms with van der Waals surface area (Å²) < 4.78 is 6.27. The molecule has 0 amide bonds. The number of hydrogen-bond donors (Lipinski definition) is 0. The summed E-state index contributed by atoms with van der Waals surface area (Å²) in [7, 11) is 1.62. The maximum absolute atomic E-state index is 12.6. The van der Waals surface area contributed by atoms with E-state index in [0.717, 1.165) is 35.2 Å². The monoisotopic (exact) mass is 324 g/mol. The van der Waals surface area contributed by atoms with E-state index in [1.165, 1.54) is 0 Å². The molecule has 3 atom stereocenters. The van der Waals surface area contributed by atoms with Crippen molar-refractivity contribution >= 4 is 21.7 Å². The van der Waals surface area contributed by atoms with E-state index in [-0.39, 0.29) is 11.7 Å². The quantitative estimate of drug-likeness (QED) is 0.752. The Hall–Kier alpha value is -0.830. The Morgan fingerprint density at radius 2 is 2.00 bits per heavy atom. The van der Waals surface area contributed by atoms with Gasteiger partial charge in [0, 0.05) is 10.4 Å². The Bertz CT molecular complexity index is 470. The van der Waals surface area contributed by atoms with Crippen LogP contribution in [0.2, 0.25) is 0 Å². The molecule has 19 heavy (non-hydrogen) atoms. The molecule has 3 unspecified atom stereocenters. The summed E-state index contributed by atoms with van der Waals surface area (Å²) in [5.41, 5.74) is 0.720. The van der Waals surface area contributed by atoms with Crippen molar-refractivity contribution in [1.29, 1.82) is 0 Å². The lowest BCUT2D eigenvalue weighted by molar-refractivity contribution is 0.0834. The lowest BCUT2D eigenvalue weighted by Crippen LogP contribution is -2.26. The van der Waals surface area contributed by atoms with E-state index < -0.39 is 0 Å². The molecule has 0 aromatic heterocycles. The molecular formula is C16H21BrO2. The van der Waals surface area contributed by atoms with Crippen LogP contribution in [0.5, 0.6) is 5.75 Å². The molecule has 1 fully saturated rings. The van der Waals surface area contributed by atoms with E-state index in [2.05, 4.69) is 29.8 Å². The first kappa shape index (κ1) is 14.6. The number of Topliss-reactive ketones (excluding diaryl/α,β-unsaturated/α-hetero) is 1. The van der Waals surface area contributed by atoms with Crippen LogP contribution in [0.15, 0.2) is 22.7 Å². The van der Waals surface area contributed by atoms with E-state index in [4.69, 9.17) is 4.74 Å². The van der Waals surface area contributed by atoms with Crippen LogP contribution < -0.4 is 4.74 Å². The molecule has 2 rings (SSSR count). The first-order valence-electron chi connectivity index (χ1n) is 6.90. The largest absolute Gasteiger partial charge is 0.496 e. The van der Waals surface area contributed by atoms with Crippen LogP contribution in [0, 0.1) is 17.8 Å². The fourth-order valence-electron chi connectivity index (χ4n) is 2.87. The van der Waals surface area contributed by atoms with Crippen LogP contribution in [0.25, 0.3) is 0 Å².